The van der Waals surface area contributed by atoms with Gasteiger partial charge in [0.1, 0.15) is 0 Å². The van der Waals surface area contributed by atoms with Gasteiger partial charge >= 0.3 is 0 Å². The van der Waals surface area contributed by atoms with Crippen LogP contribution in [0.3, 0.4) is 0 Å². The fraction of sp³-hybridized carbons (Fsp3) is 1.00. The Balaban J connectivity index is 1.93. The van der Waals surface area contributed by atoms with E-state index in [1.807, 2.05) is 0 Å². The molecular formula is C12H24N2. The summed E-state index contributed by atoms with van der Waals surface area (Å²) in [5.41, 5.74) is 0. The van der Waals surface area contributed by atoms with Gasteiger partial charge in [0.15, 0.2) is 0 Å². The Hall–Kier alpha value is -0.0800. The molecule has 1 aliphatic heterocycles. The van der Waals surface area contributed by atoms with Crippen LogP contribution >= 0.6 is 0 Å². The number of hydrogen-bond acceptors (Lipinski definition) is 2. The first kappa shape index (κ1) is 10.4. The van der Waals surface area contributed by atoms with Crippen LogP contribution in [0.4, 0.5) is 0 Å². The van der Waals surface area contributed by atoms with Crippen molar-refractivity contribution in [2.24, 2.45) is 5.92 Å². The molecule has 0 aromatic rings. The van der Waals surface area contributed by atoms with Crippen molar-refractivity contribution in [2.45, 2.75) is 58.2 Å². The summed E-state index contributed by atoms with van der Waals surface area (Å²) < 4.78 is 0. The van der Waals surface area contributed by atoms with Crippen LogP contribution in [-0.4, -0.2) is 36.1 Å². The van der Waals surface area contributed by atoms with Crippen molar-refractivity contribution in [1.82, 2.24) is 10.2 Å². The third-order valence-electron chi connectivity index (χ3n) is 3.82. The van der Waals surface area contributed by atoms with Crippen LogP contribution in [0, 0.1) is 5.92 Å². The highest BCUT2D eigenvalue weighted by atomic mass is 15.2. The Morgan fingerprint density at radius 3 is 2.57 bits per heavy atom. The maximum atomic E-state index is 3.73. The molecule has 1 saturated carbocycles. The van der Waals surface area contributed by atoms with E-state index in [1.54, 1.807) is 0 Å². The van der Waals surface area contributed by atoms with Crippen LogP contribution in [0.1, 0.15) is 40.0 Å². The molecule has 1 N–H and O–H groups in total. The van der Waals surface area contributed by atoms with Gasteiger partial charge in [-0.15, -0.1) is 0 Å². The van der Waals surface area contributed by atoms with Crippen LogP contribution < -0.4 is 5.32 Å². The van der Waals surface area contributed by atoms with E-state index in [-0.39, 0.29) is 0 Å². The topological polar surface area (TPSA) is 15.3 Å². The Kier molecular flexibility index (Phi) is 3.13. The smallest absolute Gasteiger partial charge is 0.0224 e. The quantitative estimate of drug-likeness (QED) is 0.741. The van der Waals surface area contributed by atoms with Gasteiger partial charge < -0.3 is 5.32 Å². The second kappa shape index (κ2) is 4.19. The van der Waals surface area contributed by atoms with Crippen molar-refractivity contribution >= 4 is 0 Å². The molecule has 1 heterocycles. The molecule has 0 amide bonds. The average Bonchev–Trinajstić information content (AvgIpc) is 3.00. The van der Waals surface area contributed by atoms with Crippen LogP contribution in [0.5, 0.6) is 0 Å². The Bertz CT molecular complexity index is 187. The van der Waals surface area contributed by atoms with Crippen LogP contribution in [0.2, 0.25) is 0 Å². The van der Waals surface area contributed by atoms with E-state index in [4.69, 9.17) is 0 Å². The number of nitrogens with zero attached hydrogens (tertiary/aromatic N) is 1. The number of nitrogens with one attached hydrogen (secondary N) is 1. The first-order chi connectivity index (χ1) is 6.72. The lowest BCUT2D eigenvalue weighted by Crippen LogP contribution is -2.58. The third-order valence-corrected chi connectivity index (χ3v) is 3.82. The van der Waals surface area contributed by atoms with Crippen LogP contribution in [0.15, 0.2) is 0 Å². The first-order valence-corrected chi connectivity index (χ1v) is 6.21. The van der Waals surface area contributed by atoms with Gasteiger partial charge in [0.05, 0.1) is 0 Å². The number of rotatable bonds is 3. The van der Waals surface area contributed by atoms with Crippen molar-refractivity contribution in [1.29, 1.82) is 0 Å². The molecule has 2 nitrogen and oxygen atoms in total. The fourth-order valence-electron chi connectivity index (χ4n) is 2.67. The molecule has 14 heavy (non-hydrogen) atoms. The zero-order valence-electron chi connectivity index (χ0n) is 9.79. The summed E-state index contributed by atoms with van der Waals surface area (Å²) in [6.07, 6.45) is 4.20. The molecule has 0 spiro atoms. The van der Waals surface area contributed by atoms with Crippen LogP contribution in [0.25, 0.3) is 0 Å². The predicted octanol–water partition coefficient (Wildman–Crippen LogP) is 1.86. The second-order valence-electron chi connectivity index (χ2n) is 5.20. The summed E-state index contributed by atoms with van der Waals surface area (Å²) in [7, 11) is 0. The van der Waals surface area contributed by atoms with Gasteiger partial charge in [-0.2, -0.15) is 0 Å². The van der Waals surface area contributed by atoms with E-state index in [1.165, 1.54) is 32.4 Å². The molecule has 2 rings (SSSR count). The molecule has 0 aromatic carbocycles. The molecular weight excluding hydrogens is 172 g/mol. The van der Waals surface area contributed by atoms with Crippen molar-refractivity contribution in [3.05, 3.63) is 0 Å². The van der Waals surface area contributed by atoms with Crippen LogP contribution in [-0.2, 0) is 0 Å². The summed E-state index contributed by atoms with van der Waals surface area (Å²) in [5.74, 6) is 0.994. The largest absolute Gasteiger partial charge is 0.311 e. The lowest BCUT2D eigenvalue weighted by molar-refractivity contribution is 0.0880. The maximum Gasteiger partial charge on any atom is 0.0224 e. The lowest BCUT2D eigenvalue weighted by atomic mass is 10.0. The Labute approximate surface area is 88.1 Å². The highest BCUT2D eigenvalue weighted by Gasteiger charge is 2.37. The monoisotopic (exact) mass is 196 g/mol. The van der Waals surface area contributed by atoms with Gasteiger partial charge in [-0.05, 0) is 39.0 Å². The molecule has 0 radical (unpaired) electrons. The molecule has 2 heteroatoms. The van der Waals surface area contributed by atoms with Crippen molar-refractivity contribution in [3.8, 4) is 0 Å². The minimum atomic E-state index is 0.711. The van der Waals surface area contributed by atoms with Crippen molar-refractivity contribution < 1.29 is 0 Å². The lowest BCUT2D eigenvalue weighted by Gasteiger charge is -2.42. The summed E-state index contributed by atoms with van der Waals surface area (Å²) in [5, 5.41) is 3.73. The van der Waals surface area contributed by atoms with Gasteiger partial charge in [-0.3, -0.25) is 4.90 Å². The molecule has 0 bridgehead atoms. The molecule has 2 atom stereocenters. The Morgan fingerprint density at radius 1 is 1.36 bits per heavy atom. The second-order valence-corrected chi connectivity index (χ2v) is 5.20. The Morgan fingerprint density at radius 2 is 2.07 bits per heavy atom. The average molecular weight is 196 g/mol. The number of hydrogen-bond donors (Lipinski definition) is 1. The van der Waals surface area contributed by atoms with Gasteiger partial charge in [0.2, 0.25) is 0 Å². The molecule has 1 saturated heterocycles. The van der Waals surface area contributed by atoms with E-state index < -0.39 is 0 Å². The SMILES string of the molecule is CCC1CNC(C2CC2)CN1C(C)C. The van der Waals surface area contributed by atoms with E-state index in [0.717, 1.165) is 18.0 Å². The number of piperazine rings is 1. The van der Waals surface area contributed by atoms with E-state index in [2.05, 4.69) is 31.0 Å². The zero-order valence-corrected chi connectivity index (χ0v) is 9.79. The van der Waals surface area contributed by atoms with E-state index in [0.29, 0.717) is 6.04 Å². The normalized spacial score (nSPS) is 35.1. The molecule has 2 fully saturated rings. The molecule has 0 aromatic heterocycles. The molecule has 2 aliphatic rings. The molecule has 1 aliphatic carbocycles. The summed E-state index contributed by atoms with van der Waals surface area (Å²) >= 11 is 0. The highest BCUT2D eigenvalue weighted by molar-refractivity contribution is 4.94. The minimum Gasteiger partial charge on any atom is -0.311 e. The van der Waals surface area contributed by atoms with Gasteiger partial charge in [0.25, 0.3) is 0 Å². The van der Waals surface area contributed by atoms with Gasteiger partial charge in [0, 0.05) is 31.2 Å². The minimum absolute atomic E-state index is 0.711. The molecule has 2 unspecified atom stereocenters. The molecule has 82 valence electrons. The predicted molar refractivity (Wildman–Crippen MR) is 60.4 cm³/mol. The highest BCUT2D eigenvalue weighted by Crippen LogP contribution is 2.34. The van der Waals surface area contributed by atoms with Crippen molar-refractivity contribution in [3.63, 3.8) is 0 Å². The first-order valence-electron chi connectivity index (χ1n) is 6.21. The van der Waals surface area contributed by atoms with E-state index in [9.17, 15) is 0 Å². The van der Waals surface area contributed by atoms with E-state index >= 15 is 0 Å². The summed E-state index contributed by atoms with van der Waals surface area (Å²) in [4.78, 5) is 2.69. The van der Waals surface area contributed by atoms with Gasteiger partial charge in [-0.25, -0.2) is 0 Å². The fourth-order valence-corrected chi connectivity index (χ4v) is 2.67. The summed E-state index contributed by atoms with van der Waals surface area (Å²) in [6.45, 7) is 9.45. The maximum absolute atomic E-state index is 3.73. The van der Waals surface area contributed by atoms with Crippen molar-refractivity contribution in [2.75, 3.05) is 13.1 Å². The third kappa shape index (κ3) is 2.12. The standard InChI is InChI=1S/C12H24N2/c1-4-11-7-13-12(10-5-6-10)8-14(11)9(2)3/h9-13H,4-8H2,1-3H3. The zero-order chi connectivity index (χ0) is 10.1. The summed E-state index contributed by atoms with van der Waals surface area (Å²) in [6, 6.07) is 2.27. The van der Waals surface area contributed by atoms with Gasteiger partial charge in [-0.1, -0.05) is 6.92 Å².